The van der Waals surface area contributed by atoms with Gasteiger partial charge >= 0.3 is 5.97 Å². The summed E-state index contributed by atoms with van der Waals surface area (Å²) in [5, 5.41) is 11.5. The summed E-state index contributed by atoms with van der Waals surface area (Å²) >= 11 is 5.16. The van der Waals surface area contributed by atoms with Crippen LogP contribution in [0.3, 0.4) is 0 Å². The minimum Gasteiger partial charge on any atom is -0.490 e. The number of benzene rings is 2. The van der Waals surface area contributed by atoms with E-state index in [0.29, 0.717) is 36.0 Å². The molecule has 0 saturated carbocycles. The van der Waals surface area contributed by atoms with Gasteiger partial charge in [0.25, 0.3) is 11.8 Å². The second-order valence-electron chi connectivity index (χ2n) is 6.38. The molecule has 0 aromatic heterocycles. The number of amides is 2. The molecule has 0 aliphatic carbocycles. The SMILES string of the molecule is CCOc1ccc(/C=C2\C(=O)NC(=S)N(c3ccc(C(=O)O)cc3)C2=O)cc1OCC. The van der Waals surface area contributed by atoms with Crippen molar-refractivity contribution in [2.24, 2.45) is 0 Å². The van der Waals surface area contributed by atoms with Gasteiger partial charge in [0.15, 0.2) is 16.6 Å². The van der Waals surface area contributed by atoms with Gasteiger partial charge in [-0.3, -0.25) is 19.8 Å². The second kappa shape index (κ2) is 9.40. The lowest BCUT2D eigenvalue weighted by molar-refractivity contribution is -0.122. The summed E-state index contributed by atoms with van der Waals surface area (Å²) in [5.74, 6) is -1.27. The second-order valence-corrected chi connectivity index (χ2v) is 6.77. The van der Waals surface area contributed by atoms with Crippen molar-refractivity contribution in [3.05, 3.63) is 59.2 Å². The van der Waals surface area contributed by atoms with Crippen molar-refractivity contribution < 1.29 is 29.0 Å². The van der Waals surface area contributed by atoms with Crippen LogP contribution in [0, 0.1) is 0 Å². The van der Waals surface area contributed by atoms with Gasteiger partial charge in [-0.15, -0.1) is 0 Å². The molecule has 31 heavy (non-hydrogen) atoms. The summed E-state index contributed by atoms with van der Waals surface area (Å²) in [6.07, 6.45) is 1.44. The van der Waals surface area contributed by atoms with E-state index in [1.807, 2.05) is 13.8 Å². The molecule has 0 atom stereocenters. The first-order chi connectivity index (χ1) is 14.8. The first kappa shape index (κ1) is 22.0. The van der Waals surface area contributed by atoms with Crippen LogP contribution in [0.4, 0.5) is 5.69 Å². The van der Waals surface area contributed by atoms with E-state index in [4.69, 9.17) is 26.8 Å². The Morgan fingerprint density at radius 1 is 1.06 bits per heavy atom. The number of carbonyl (C=O) groups is 3. The van der Waals surface area contributed by atoms with Gasteiger partial charge in [-0.25, -0.2) is 4.79 Å². The maximum atomic E-state index is 13.1. The topological polar surface area (TPSA) is 105 Å². The highest BCUT2D eigenvalue weighted by Crippen LogP contribution is 2.30. The Morgan fingerprint density at radius 2 is 1.71 bits per heavy atom. The fraction of sp³-hybridized carbons (Fsp3) is 0.182. The van der Waals surface area contributed by atoms with Crippen molar-refractivity contribution in [3.8, 4) is 11.5 Å². The average molecular weight is 440 g/mol. The molecular formula is C22H20N2O6S. The monoisotopic (exact) mass is 440 g/mol. The van der Waals surface area contributed by atoms with E-state index >= 15 is 0 Å². The number of carboxylic acid groups (broad SMARTS) is 1. The molecule has 1 aliphatic heterocycles. The zero-order valence-electron chi connectivity index (χ0n) is 16.9. The van der Waals surface area contributed by atoms with Crippen molar-refractivity contribution >= 4 is 46.9 Å². The first-order valence-corrected chi connectivity index (χ1v) is 9.91. The lowest BCUT2D eigenvalue weighted by Crippen LogP contribution is -2.54. The van der Waals surface area contributed by atoms with Gasteiger partial charge in [-0.1, -0.05) is 6.07 Å². The van der Waals surface area contributed by atoms with Gasteiger partial charge in [0.1, 0.15) is 5.57 Å². The minimum absolute atomic E-state index is 0.0665. The number of carboxylic acids is 1. The third-order valence-corrected chi connectivity index (χ3v) is 4.64. The molecule has 3 rings (SSSR count). The summed E-state index contributed by atoms with van der Waals surface area (Å²) in [6, 6.07) is 10.7. The molecule has 2 aromatic rings. The molecule has 2 aromatic carbocycles. The quantitative estimate of drug-likeness (QED) is 0.387. The largest absolute Gasteiger partial charge is 0.490 e. The maximum Gasteiger partial charge on any atom is 0.335 e. The van der Waals surface area contributed by atoms with E-state index in [2.05, 4.69) is 5.32 Å². The van der Waals surface area contributed by atoms with Gasteiger partial charge < -0.3 is 14.6 Å². The Bertz CT molecular complexity index is 1080. The van der Waals surface area contributed by atoms with E-state index in [9.17, 15) is 14.4 Å². The van der Waals surface area contributed by atoms with E-state index in [0.717, 1.165) is 4.90 Å². The number of hydrogen-bond acceptors (Lipinski definition) is 6. The van der Waals surface area contributed by atoms with Crippen LogP contribution in [-0.4, -0.2) is 41.2 Å². The van der Waals surface area contributed by atoms with E-state index in [-0.39, 0.29) is 16.2 Å². The standard InChI is InChI=1S/C22H20N2O6S/c1-3-29-17-10-5-13(12-18(17)30-4-2)11-16-19(25)23-22(31)24(20(16)26)15-8-6-14(7-9-15)21(27)28/h5-12H,3-4H2,1-2H3,(H,27,28)(H,23,25,31)/b16-11+. The zero-order valence-corrected chi connectivity index (χ0v) is 17.7. The van der Waals surface area contributed by atoms with Gasteiger partial charge in [0.05, 0.1) is 24.5 Å². The van der Waals surface area contributed by atoms with E-state index < -0.39 is 17.8 Å². The highest BCUT2D eigenvalue weighted by atomic mass is 32.1. The third-order valence-electron chi connectivity index (χ3n) is 4.35. The number of hydrogen-bond donors (Lipinski definition) is 2. The molecule has 0 unspecified atom stereocenters. The molecule has 0 bridgehead atoms. The molecule has 1 aliphatic rings. The molecular weight excluding hydrogens is 420 g/mol. The van der Waals surface area contributed by atoms with Crippen LogP contribution < -0.4 is 19.7 Å². The molecule has 2 N–H and O–H groups in total. The van der Waals surface area contributed by atoms with Crippen molar-refractivity contribution in [1.29, 1.82) is 0 Å². The minimum atomic E-state index is -1.09. The molecule has 0 radical (unpaired) electrons. The molecule has 0 spiro atoms. The number of anilines is 1. The fourth-order valence-corrected chi connectivity index (χ4v) is 3.25. The summed E-state index contributed by atoms with van der Waals surface area (Å²) in [7, 11) is 0. The summed E-state index contributed by atoms with van der Waals surface area (Å²) < 4.78 is 11.1. The number of ether oxygens (including phenoxy) is 2. The van der Waals surface area contributed by atoms with Crippen LogP contribution in [-0.2, 0) is 9.59 Å². The highest BCUT2D eigenvalue weighted by molar-refractivity contribution is 7.80. The highest BCUT2D eigenvalue weighted by Gasteiger charge is 2.34. The van der Waals surface area contributed by atoms with Crippen molar-refractivity contribution in [2.75, 3.05) is 18.1 Å². The summed E-state index contributed by atoms with van der Waals surface area (Å²) in [6.45, 7) is 4.59. The van der Waals surface area contributed by atoms with Crippen LogP contribution in [0.15, 0.2) is 48.0 Å². The molecule has 9 heteroatoms. The Kier molecular flexibility index (Phi) is 6.66. The Hall–Kier alpha value is -3.72. The van der Waals surface area contributed by atoms with Gasteiger partial charge in [-0.2, -0.15) is 0 Å². The number of nitrogens with zero attached hydrogens (tertiary/aromatic N) is 1. The first-order valence-electron chi connectivity index (χ1n) is 9.50. The van der Waals surface area contributed by atoms with Gasteiger partial charge in [0, 0.05) is 0 Å². The molecule has 8 nitrogen and oxygen atoms in total. The Labute approximate surface area is 184 Å². The van der Waals surface area contributed by atoms with Crippen molar-refractivity contribution in [3.63, 3.8) is 0 Å². The summed E-state index contributed by atoms with van der Waals surface area (Å²) in [5.41, 5.74) is 0.853. The number of nitrogens with one attached hydrogen (secondary N) is 1. The average Bonchev–Trinajstić information content (AvgIpc) is 2.73. The van der Waals surface area contributed by atoms with Crippen LogP contribution in [0.5, 0.6) is 11.5 Å². The fourth-order valence-electron chi connectivity index (χ4n) is 2.97. The summed E-state index contributed by atoms with van der Waals surface area (Å²) in [4.78, 5) is 37.8. The van der Waals surface area contributed by atoms with Crippen molar-refractivity contribution in [1.82, 2.24) is 5.32 Å². The van der Waals surface area contributed by atoms with Crippen LogP contribution >= 0.6 is 12.2 Å². The van der Waals surface area contributed by atoms with Crippen LogP contribution in [0.2, 0.25) is 0 Å². The smallest absolute Gasteiger partial charge is 0.335 e. The van der Waals surface area contributed by atoms with Gasteiger partial charge in [-0.05, 0) is 74.1 Å². The third kappa shape index (κ3) is 4.72. The van der Waals surface area contributed by atoms with Crippen LogP contribution in [0.1, 0.15) is 29.8 Å². The molecule has 1 fully saturated rings. The van der Waals surface area contributed by atoms with Crippen molar-refractivity contribution in [2.45, 2.75) is 13.8 Å². The zero-order chi connectivity index (χ0) is 22.5. The maximum absolute atomic E-state index is 13.1. The van der Waals surface area contributed by atoms with Gasteiger partial charge in [0.2, 0.25) is 0 Å². The number of aromatic carboxylic acids is 1. The predicted molar refractivity (Wildman–Crippen MR) is 118 cm³/mol. The lowest BCUT2D eigenvalue weighted by Gasteiger charge is -2.29. The Balaban J connectivity index is 1.97. The normalized spacial score (nSPS) is 15.1. The predicted octanol–water partition coefficient (Wildman–Crippen LogP) is 3.01. The number of carbonyl (C=O) groups excluding carboxylic acids is 2. The van der Waals surface area contributed by atoms with Crippen LogP contribution in [0.25, 0.3) is 6.08 Å². The Morgan fingerprint density at radius 3 is 2.32 bits per heavy atom. The van der Waals surface area contributed by atoms with E-state index in [1.165, 1.54) is 30.3 Å². The molecule has 1 saturated heterocycles. The number of rotatable bonds is 7. The lowest BCUT2D eigenvalue weighted by atomic mass is 10.1. The molecule has 2 amide bonds. The molecule has 160 valence electrons. The van der Waals surface area contributed by atoms with E-state index in [1.54, 1.807) is 18.2 Å². The number of thiocarbonyl (C=S) groups is 1. The molecule has 1 heterocycles.